The molecular formula is C4H10BrLi. The molecule has 6 heavy (non-hydrogen) atoms. The summed E-state index contributed by atoms with van der Waals surface area (Å²) in [6, 6.07) is 0. The molecule has 0 fully saturated rings. The molecule has 0 aliphatic carbocycles. The van der Waals surface area contributed by atoms with Gasteiger partial charge in [-0.3, -0.25) is 0 Å². The molecule has 0 unspecified atom stereocenters. The van der Waals surface area contributed by atoms with Crippen molar-refractivity contribution in [1.29, 1.82) is 0 Å². The molecule has 0 aromatic carbocycles. The van der Waals surface area contributed by atoms with Crippen molar-refractivity contribution in [3.8, 4) is 0 Å². The summed E-state index contributed by atoms with van der Waals surface area (Å²) >= 11 is 0. The van der Waals surface area contributed by atoms with Gasteiger partial charge >= 0.3 is 18.9 Å². The largest absolute Gasteiger partial charge is 1.00 e. The monoisotopic (exact) mass is 144 g/mol. The number of hydrogen-bond acceptors (Lipinski definition) is 0. The molecule has 0 saturated heterocycles. The Morgan fingerprint density at radius 3 is 1.67 bits per heavy atom. The van der Waals surface area contributed by atoms with E-state index in [1.165, 1.54) is 6.42 Å². The maximum absolute atomic E-state index is 3.60. The van der Waals surface area contributed by atoms with Crippen LogP contribution in [0.1, 0.15) is 19.8 Å². The van der Waals surface area contributed by atoms with Crippen LogP contribution in [0.2, 0.25) is 0 Å². The van der Waals surface area contributed by atoms with Crippen LogP contribution in [-0.2, 0) is 0 Å². The summed E-state index contributed by atoms with van der Waals surface area (Å²) in [7, 11) is 0. The van der Waals surface area contributed by atoms with E-state index in [9.17, 15) is 0 Å². The molecule has 0 spiro atoms. The minimum Gasteiger partial charge on any atom is -0.343 e. The molecule has 0 rings (SSSR count). The van der Waals surface area contributed by atoms with E-state index >= 15 is 0 Å². The van der Waals surface area contributed by atoms with Crippen molar-refractivity contribution >= 4 is 17.0 Å². The van der Waals surface area contributed by atoms with Crippen LogP contribution < -0.4 is 18.9 Å². The number of hydrogen-bond donors (Lipinski definition) is 0. The molecule has 0 N–H and O–H groups in total. The van der Waals surface area contributed by atoms with Crippen LogP contribution in [0.3, 0.4) is 0 Å². The summed E-state index contributed by atoms with van der Waals surface area (Å²) in [6.07, 6.45) is 2.28. The summed E-state index contributed by atoms with van der Waals surface area (Å²) in [4.78, 5) is 0. The zero-order valence-electron chi connectivity index (χ0n) is 4.53. The van der Waals surface area contributed by atoms with E-state index in [4.69, 9.17) is 0 Å². The van der Waals surface area contributed by atoms with E-state index in [0.29, 0.717) is 0 Å². The van der Waals surface area contributed by atoms with E-state index in [1.807, 2.05) is 0 Å². The zero-order valence-corrected chi connectivity index (χ0v) is 6.24. The number of unbranched alkanes of at least 4 members (excludes halogenated alkanes) is 1. The van der Waals surface area contributed by atoms with Gasteiger partial charge in [0.2, 0.25) is 0 Å². The molecule has 0 amide bonds. The Morgan fingerprint density at radius 2 is 1.67 bits per heavy atom. The van der Waals surface area contributed by atoms with Gasteiger partial charge < -0.3 is 6.92 Å². The third-order valence-corrected chi connectivity index (χ3v) is 0.354. The minimum atomic E-state index is 0. The first-order valence-electron chi connectivity index (χ1n) is 1.71. The molecule has 0 bridgehead atoms. The standard InChI is InChI=1S/C4H9.BrH.Li/c1-3-4-2;;/h1,3-4H2,2H3;1H;/q-1;;+1. The molecule has 2 heteroatoms. The topological polar surface area (TPSA) is 0 Å². The predicted octanol–water partition coefficient (Wildman–Crippen LogP) is -0.798. The molecule has 0 saturated carbocycles. The molecule has 0 radical (unpaired) electrons. The van der Waals surface area contributed by atoms with Crippen LogP contribution >= 0.6 is 17.0 Å². The summed E-state index contributed by atoms with van der Waals surface area (Å²) in [5.41, 5.74) is 0. The second kappa shape index (κ2) is 16.5. The quantitative estimate of drug-likeness (QED) is 0.334. The van der Waals surface area contributed by atoms with Crippen LogP contribution in [0.15, 0.2) is 0 Å². The number of rotatable bonds is 1. The SMILES string of the molecule is Br.[CH2-]CCC.[Li+]. The van der Waals surface area contributed by atoms with Crippen molar-refractivity contribution in [2.24, 2.45) is 0 Å². The maximum Gasteiger partial charge on any atom is 1.00 e. The van der Waals surface area contributed by atoms with Gasteiger partial charge in [0.15, 0.2) is 0 Å². The Hall–Kier alpha value is 1.08. The molecular weight excluding hydrogens is 135 g/mol. The van der Waals surface area contributed by atoms with Crippen molar-refractivity contribution in [2.75, 3.05) is 0 Å². The average molecular weight is 145 g/mol. The summed E-state index contributed by atoms with van der Waals surface area (Å²) in [6.45, 7) is 5.72. The summed E-state index contributed by atoms with van der Waals surface area (Å²) in [5, 5.41) is 0. The van der Waals surface area contributed by atoms with Crippen LogP contribution in [-0.4, -0.2) is 0 Å². The van der Waals surface area contributed by atoms with Crippen LogP contribution in [0, 0.1) is 6.92 Å². The van der Waals surface area contributed by atoms with Crippen molar-refractivity contribution in [3.63, 3.8) is 0 Å². The van der Waals surface area contributed by atoms with Gasteiger partial charge in [-0.15, -0.1) is 17.0 Å². The molecule has 0 aromatic heterocycles. The minimum absolute atomic E-state index is 0. The van der Waals surface area contributed by atoms with Gasteiger partial charge in [-0.1, -0.05) is 13.3 Å². The molecule has 0 aliphatic rings. The number of halogens is 1. The fraction of sp³-hybridized carbons (Fsp3) is 0.750. The normalized spacial score (nSPS) is 5.00. The fourth-order valence-electron chi connectivity index (χ4n) is 0. The second-order valence-electron chi connectivity index (χ2n) is 0.854. The van der Waals surface area contributed by atoms with Crippen molar-refractivity contribution in [3.05, 3.63) is 6.92 Å². The zero-order chi connectivity index (χ0) is 3.41. The Labute approximate surface area is 62.6 Å². The third-order valence-electron chi connectivity index (χ3n) is 0.354. The van der Waals surface area contributed by atoms with Gasteiger partial charge in [0, 0.05) is 0 Å². The van der Waals surface area contributed by atoms with Gasteiger partial charge in [0.25, 0.3) is 0 Å². The molecule has 0 aliphatic heterocycles. The summed E-state index contributed by atoms with van der Waals surface area (Å²) in [5.74, 6) is 0. The fourth-order valence-corrected chi connectivity index (χ4v) is 0. The smallest absolute Gasteiger partial charge is 0.343 e. The molecule has 0 nitrogen and oxygen atoms in total. The van der Waals surface area contributed by atoms with Crippen molar-refractivity contribution < 1.29 is 18.9 Å². The molecule has 34 valence electrons. The first kappa shape index (κ1) is 15.7. The van der Waals surface area contributed by atoms with E-state index in [0.717, 1.165) is 6.42 Å². The van der Waals surface area contributed by atoms with Gasteiger partial charge in [0.05, 0.1) is 0 Å². The first-order valence-corrected chi connectivity index (χ1v) is 1.71. The molecule has 0 atom stereocenters. The van der Waals surface area contributed by atoms with Gasteiger partial charge in [0.1, 0.15) is 0 Å². The van der Waals surface area contributed by atoms with Crippen LogP contribution in [0.5, 0.6) is 0 Å². The first-order chi connectivity index (χ1) is 1.91. The van der Waals surface area contributed by atoms with Gasteiger partial charge in [-0.2, -0.15) is 6.42 Å². The van der Waals surface area contributed by atoms with E-state index in [1.54, 1.807) is 0 Å². The van der Waals surface area contributed by atoms with Crippen LogP contribution in [0.4, 0.5) is 0 Å². The van der Waals surface area contributed by atoms with E-state index in [2.05, 4.69) is 13.8 Å². The van der Waals surface area contributed by atoms with Crippen LogP contribution in [0.25, 0.3) is 0 Å². The summed E-state index contributed by atoms with van der Waals surface area (Å²) < 4.78 is 0. The third kappa shape index (κ3) is 19.6. The Balaban J connectivity index is -0.0000000450. The maximum atomic E-state index is 3.60. The van der Waals surface area contributed by atoms with Crippen molar-refractivity contribution in [2.45, 2.75) is 19.8 Å². The van der Waals surface area contributed by atoms with Crippen molar-refractivity contribution in [1.82, 2.24) is 0 Å². The Morgan fingerprint density at radius 1 is 1.50 bits per heavy atom. The predicted molar refractivity (Wildman–Crippen MR) is 30.6 cm³/mol. The molecule has 0 aromatic rings. The van der Waals surface area contributed by atoms with Gasteiger partial charge in [-0.25, -0.2) is 0 Å². The van der Waals surface area contributed by atoms with E-state index in [-0.39, 0.29) is 35.8 Å². The Bertz CT molecular complexity index is 9.51. The Kier molecular flexibility index (Phi) is 43.4. The second-order valence-corrected chi connectivity index (χ2v) is 0.854. The van der Waals surface area contributed by atoms with E-state index < -0.39 is 0 Å². The molecule has 0 heterocycles. The average Bonchev–Trinajstić information content (AvgIpc) is 1.37. The van der Waals surface area contributed by atoms with Gasteiger partial charge in [-0.05, 0) is 0 Å².